The lowest BCUT2D eigenvalue weighted by atomic mass is 10.0. The fourth-order valence-electron chi connectivity index (χ4n) is 4.48. The van der Waals surface area contributed by atoms with E-state index in [2.05, 4.69) is 20.8 Å². The van der Waals surface area contributed by atoms with Crippen LogP contribution in [-0.2, 0) is 36.8 Å². The van der Waals surface area contributed by atoms with Crippen LogP contribution < -0.4 is 30.3 Å². The quantitative estimate of drug-likeness (QED) is 0.161. The Bertz CT molecular complexity index is 1240. The van der Waals surface area contributed by atoms with Crippen LogP contribution in [0.4, 0.5) is 0 Å². The fourth-order valence-corrected chi connectivity index (χ4v) is 4.62. The second kappa shape index (κ2) is 17.8. The normalized spacial score (nSPS) is 20.6. The highest BCUT2D eigenvalue weighted by Crippen LogP contribution is 2.16. The first-order chi connectivity index (χ1) is 20.8. The maximum atomic E-state index is 13.5. The minimum absolute atomic E-state index is 0.164. The zero-order valence-electron chi connectivity index (χ0n) is 24.4. The molecule has 6 rings (SSSR count). The number of unbranched alkanes of at least 4 members (excludes halogenated alkanes) is 1. The number of carbonyl (C=O) groups excluding carboxylic acids is 4. The van der Waals surface area contributed by atoms with Gasteiger partial charge in [0.1, 0.15) is 42.8 Å². The van der Waals surface area contributed by atoms with Crippen LogP contribution in [0.25, 0.3) is 0 Å². The summed E-state index contributed by atoms with van der Waals surface area (Å²) in [7, 11) is 1.25. The van der Waals surface area contributed by atoms with Gasteiger partial charge in [-0.15, -0.1) is 0 Å². The second-order valence-electron chi connectivity index (χ2n) is 10.1. The van der Waals surface area contributed by atoms with Crippen molar-refractivity contribution in [2.24, 2.45) is 0 Å². The van der Waals surface area contributed by atoms with Crippen LogP contribution in [0.2, 0.25) is 0 Å². The lowest BCUT2D eigenvalue weighted by Crippen LogP contribution is -2.56. The van der Waals surface area contributed by atoms with E-state index in [9.17, 15) is 19.2 Å². The summed E-state index contributed by atoms with van der Waals surface area (Å²) in [6.07, 6.45) is 5.54. The number of rotatable bonds is 7. The number of nitrogens with one attached hydrogen (secondary N) is 4. The Morgan fingerprint density at radius 2 is 1.47 bits per heavy atom. The molecule has 4 aliphatic rings. The van der Waals surface area contributed by atoms with Crippen molar-refractivity contribution in [1.82, 2.24) is 20.8 Å². The molecule has 0 spiro atoms. The molecule has 0 saturated heterocycles. The Balaban J connectivity index is 1.90. The number of esters is 1. The molecule has 4 N–H and O–H groups in total. The molecular weight excluding hydrogens is 576 g/mol. The van der Waals surface area contributed by atoms with Crippen molar-refractivity contribution in [2.75, 3.05) is 26.9 Å². The maximum Gasteiger partial charge on any atom is 0.328 e. The minimum Gasteiger partial charge on any atom is -0.490 e. The van der Waals surface area contributed by atoms with Gasteiger partial charge in [0.2, 0.25) is 17.7 Å². The maximum absolute atomic E-state index is 13.5. The van der Waals surface area contributed by atoms with Crippen LogP contribution in [0, 0.1) is 0 Å². The minimum atomic E-state index is -0.998. The van der Waals surface area contributed by atoms with Crippen molar-refractivity contribution >= 4 is 35.5 Å². The number of amides is 3. The molecule has 12 heteroatoms. The monoisotopic (exact) mass is 614 g/mol. The Labute approximate surface area is 256 Å². The summed E-state index contributed by atoms with van der Waals surface area (Å²) in [6, 6.07) is 11.4. The summed E-state index contributed by atoms with van der Waals surface area (Å²) in [5.74, 6) is -0.797. The number of carbonyl (C=O) groups is 4. The molecule has 0 unspecified atom stereocenters. The van der Waals surface area contributed by atoms with E-state index in [1.54, 1.807) is 36.4 Å². The zero-order valence-corrected chi connectivity index (χ0v) is 25.2. The molecule has 0 aliphatic carbocycles. The number of hydrogen-bond acceptors (Lipinski definition) is 8. The Kier molecular flexibility index (Phi) is 13.8. The highest BCUT2D eigenvalue weighted by Gasteiger charge is 2.30. The van der Waals surface area contributed by atoms with Gasteiger partial charge in [0.05, 0.1) is 7.11 Å². The van der Waals surface area contributed by atoms with Crippen LogP contribution in [0.15, 0.2) is 60.7 Å². The third-order valence-electron chi connectivity index (χ3n) is 6.73. The first-order valence-corrected chi connectivity index (χ1v) is 14.5. The van der Waals surface area contributed by atoms with Crippen LogP contribution in [0.1, 0.15) is 37.3 Å². The number of ether oxygens (including phenoxy) is 3. The summed E-state index contributed by atoms with van der Waals surface area (Å²) in [4.78, 5) is 54.2. The highest BCUT2D eigenvalue weighted by molar-refractivity contribution is 6.13. The highest BCUT2D eigenvalue weighted by atomic mass is 35.5. The molecule has 0 radical (unpaired) electrons. The number of halogens is 1. The van der Waals surface area contributed by atoms with E-state index in [0.29, 0.717) is 44.1 Å². The number of hydrogen-bond donors (Lipinski definition) is 4. The van der Waals surface area contributed by atoms with E-state index in [4.69, 9.17) is 26.0 Å². The van der Waals surface area contributed by atoms with E-state index in [1.807, 2.05) is 24.3 Å². The van der Waals surface area contributed by atoms with Crippen molar-refractivity contribution in [3.05, 3.63) is 71.8 Å². The predicted octanol–water partition coefficient (Wildman–Crippen LogP) is 2.36. The lowest BCUT2D eigenvalue weighted by molar-refractivity contribution is -0.145. The van der Waals surface area contributed by atoms with Crippen molar-refractivity contribution in [3.8, 4) is 11.5 Å². The zero-order chi connectivity index (χ0) is 31.0. The van der Waals surface area contributed by atoms with Gasteiger partial charge in [-0.2, -0.15) is 0 Å². The van der Waals surface area contributed by atoms with E-state index >= 15 is 0 Å². The largest absolute Gasteiger partial charge is 0.490 e. The van der Waals surface area contributed by atoms with Crippen LogP contribution >= 0.6 is 11.8 Å². The Morgan fingerprint density at radius 1 is 0.884 bits per heavy atom. The molecule has 0 saturated carbocycles. The van der Waals surface area contributed by atoms with Crippen molar-refractivity contribution in [2.45, 2.75) is 57.2 Å². The fraction of sp³-hybridized carbons (Fsp3) is 0.419. The molecule has 0 aromatic heterocycles. The van der Waals surface area contributed by atoms with Gasteiger partial charge in [0.25, 0.3) is 0 Å². The van der Waals surface area contributed by atoms with Gasteiger partial charge >= 0.3 is 5.97 Å². The molecular formula is C31H39ClN4O7. The molecule has 3 atom stereocenters. The van der Waals surface area contributed by atoms with E-state index < -0.39 is 35.9 Å². The van der Waals surface area contributed by atoms with Gasteiger partial charge < -0.3 is 30.2 Å². The van der Waals surface area contributed by atoms with Crippen molar-refractivity contribution in [1.29, 1.82) is 0 Å². The lowest BCUT2D eigenvalue weighted by Gasteiger charge is -2.25. The molecule has 2 aromatic carbocycles. The number of methoxy groups -OCH3 is 1. The summed E-state index contributed by atoms with van der Waals surface area (Å²) in [5, 5.41) is 8.22. The average Bonchev–Trinajstić information content (AvgIpc) is 3.00. The molecule has 4 heterocycles. The number of benzene rings is 2. The summed E-state index contributed by atoms with van der Waals surface area (Å²) in [6.45, 7) is 2.52. The van der Waals surface area contributed by atoms with Gasteiger partial charge in [-0.3, -0.25) is 14.4 Å². The van der Waals surface area contributed by atoms with Crippen LogP contribution in [-0.4, -0.2) is 68.7 Å². The van der Waals surface area contributed by atoms with Crippen LogP contribution in [0.3, 0.4) is 0 Å². The second-order valence-corrected chi connectivity index (χ2v) is 10.3. The molecule has 232 valence electrons. The third kappa shape index (κ3) is 11.6. The topological polar surface area (TPSA) is 144 Å². The SMILES string of the molecule is COC(=O)[C@@H]1Cc2ccc(cc2)OC/C=C\COc2ccc(cc2)C[C@H](NC(C)=O)C(=O)N[C@H](CCCCNCl)C(=O)N1. The van der Waals surface area contributed by atoms with Gasteiger partial charge in [0, 0.05) is 26.3 Å². The Morgan fingerprint density at radius 3 is 2.00 bits per heavy atom. The van der Waals surface area contributed by atoms with Crippen molar-refractivity contribution < 1.29 is 33.4 Å². The molecule has 4 bridgehead atoms. The van der Waals surface area contributed by atoms with Crippen LogP contribution in [0.5, 0.6) is 11.5 Å². The summed E-state index contributed by atoms with van der Waals surface area (Å²) >= 11 is 5.58. The molecule has 11 nitrogen and oxygen atoms in total. The van der Waals surface area contributed by atoms with E-state index in [0.717, 1.165) is 11.1 Å². The molecule has 43 heavy (non-hydrogen) atoms. The average molecular weight is 615 g/mol. The first kappa shape index (κ1) is 33.4. The molecule has 2 aromatic rings. The first-order valence-electron chi connectivity index (χ1n) is 14.2. The summed E-state index contributed by atoms with van der Waals surface area (Å²) < 4.78 is 16.5. The Hall–Kier alpha value is -4.09. The molecule has 3 amide bonds. The molecule has 0 fully saturated rings. The summed E-state index contributed by atoms with van der Waals surface area (Å²) in [5.41, 5.74) is 1.56. The standard InChI is InChI=1S/C31H39ClN4O7/c1-21(37)34-27-19-22-8-12-24(13-9-22)42-17-5-6-18-43-25-14-10-23(11-15-25)20-28(31(40)41-2)36-29(38)26(35-30(27)39)7-3-4-16-33-32/h5-6,8-15,26-28,33H,3-4,7,16-20H2,1-2H3,(H,34,37)(H,35,39)(H,36,38)/b6-5-/t26-,27+,28+/m1/s1. The van der Waals surface area contributed by atoms with E-state index in [1.165, 1.54) is 14.0 Å². The smallest absolute Gasteiger partial charge is 0.328 e. The van der Waals surface area contributed by atoms with Crippen molar-refractivity contribution in [3.63, 3.8) is 0 Å². The van der Waals surface area contributed by atoms with Gasteiger partial charge in [-0.05, 0) is 78.6 Å². The molecule has 4 aliphatic heterocycles. The third-order valence-corrected chi connectivity index (χ3v) is 6.92. The van der Waals surface area contributed by atoms with E-state index in [-0.39, 0.29) is 25.2 Å². The predicted molar refractivity (Wildman–Crippen MR) is 162 cm³/mol. The van der Waals surface area contributed by atoms with Gasteiger partial charge in [-0.25, -0.2) is 9.63 Å². The van der Waals surface area contributed by atoms with Gasteiger partial charge in [0.15, 0.2) is 0 Å². The van der Waals surface area contributed by atoms with Gasteiger partial charge in [-0.1, -0.05) is 24.3 Å².